The van der Waals surface area contributed by atoms with Gasteiger partial charge in [0.25, 0.3) is 0 Å². The number of halogens is 1. The second-order valence-electron chi connectivity index (χ2n) is 4.02. The van der Waals surface area contributed by atoms with Crippen LogP contribution in [0.4, 0.5) is 10.5 Å². The molecule has 18 heavy (non-hydrogen) atoms. The Morgan fingerprint density at radius 2 is 2.00 bits per heavy atom. The van der Waals surface area contributed by atoms with Crippen molar-refractivity contribution in [2.24, 2.45) is 5.92 Å². The molecule has 5 nitrogen and oxygen atoms in total. The summed E-state index contributed by atoms with van der Waals surface area (Å²) < 4.78 is 0.854. The number of hydrogen-bond acceptors (Lipinski definition) is 2. The third-order valence-corrected chi connectivity index (χ3v) is 3.07. The molecule has 0 radical (unpaired) electrons. The third kappa shape index (κ3) is 4.37. The molecule has 0 fully saturated rings. The summed E-state index contributed by atoms with van der Waals surface area (Å²) in [5.41, 5.74) is 0.636. The number of carbonyl (C=O) groups excluding carboxylic acids is 1. The lowest BCUT2D eigenvalue weighted by atomic mass is 10.0. The Bertz CT molecular complexity index is 451. The van der Waals surface area contributed by atoms with Crippen molar-refractivity contribution < 1.29 is 14.7 Å². The van der Waals surface area contributed by atoms with E-state index >= 15 is 0 Å². The molecule has 0 saturated carbocycles. The molecule has 0 aliphatic heterocycles. The Hall–Kier alpha value is -1.56. The molecular weight excluding hydrogens is 300 g/mol. The van der Waals surface area contributed by atoms with Gasteiger partial charge in [0.1, 0.15) is 0 Å². The van der Waals surface area contributed by atoms with Gasteiger partial charge in [-0.3, -0.25) is 4.79 Å². The zero-order valence-corrected chi connectivity index (χ0v) is 11.7. The highest BCUT2D eigenvalue weighted by Crippen LogP contribution is 2.15. The Morgan fingerprint density at radius 1 is 1.33 bits per heavy atom. The fraction of sp³-hybridized carbons (Fsp3) is 0.333. The number of anilines is 1. The second-order valence-corrected chi connectivity index (χ2v) is 4.94. The first-order chi connectivity index (χ1) is 8.40. The molecule has 98 valence electrons. The number of carbonyl (C=O) groups is 2. The summed E-state index contributed by atoms with van der Waals surface area (Å²) in [6.07, 6.45) is 0. The summed E-state index contributed by atoms with van der Waals surface area (Å²) in [7, 11) is 0. The molecule has 2 amide bonds. The largest absolute Gasteiger partial charge is 0.481 e. The van der Waals surface area contributed by atoms with Crippen molar-refractivity contribution in [3.05, 3.63) is 28.7 Å². The summed E-state index contributed by atoms with van der Waals surface area (Å²) >= 11 is 3.30. The number of hydrogen-bond donors (Lipinski definition) is 3. The van der Waals surface area contributed by atoms with Crippen molar-refractivity contribution in [2.45, 2.75) is 19.9 Å². The van der Waals surface area contributed by atoms with Crippen LogP contribution in [0.2, 0.25) is 0 Å². The summed E-state index contributed by atoms with van der Waals surface area (Å²) in [5.74, 6) is -1.58. The lowest BCUT2D eigenvalue weighted by molar-refractivity contribution is -0.141. The number of urea groups is 1. The molecule has 3 N–H and O–H groups in total. The first-order valence-electron chi connectivity index (χ1n) is 5.46. The van der Waals surface area contributed by atoms with Gasteiger partial charge in [0.15, 0.2) is 0 Å². The molecule has 0 aliphatic rings. The van der Waals surface area contributed by atoms with Gasteiger partial charge in [0, 0.05) is 16.2 Å². The van der Waals surface area contributed by atoms with E-state index in [1.165, 1.54) is 0 Å². The number of amides is 2. The molecule has 1 aromatic rings. The van der Waals surface area contributed by atoms with Crippen molar-refractivity contribution in [3.8, 4) is 0 Å². The molecular formula is C12H15BrN2O3. The summed E-state index contributed by atoms with van der Waals surface area (Å²) in [4.78, 5) is 22.4. The van der Waals surface area contributed by atoms with Crippen LogP contribution in [0.3, 0.4) is 0 Å². The highest BCUT2D eigenvalue weighted by molar-refractivity contribution is 9.10. The molecule has 2 unspecified atom stereocenters. The molecule has 0 heterocycles. The SMILES string of the molecule is CC(NC(=O)Nc1cccc(Br)c1)C(C)C(=O)O. The molecule has 0 aromatic heterocycles. The van der Waals surface area contributed by atoms with Gasteiger partial charge >= 0.3 is 12.0 Å². The maximum atomic E-state index is 11.6. The molecule has 0 saturated heterocycles. The Kier molecular flexibility index (Phi) is 5.15. The second kappa shape index (κ2) is 6.39. The van der Waals surface area contributed by atoms with Gasteiger partial charge in [-0.15, -0.1) is 0 Å². The molecule has 6 heteroatoms. The van der Waals surface area contributed by atoms with Crippen molar-refractivity contribution in [2.75, 3.05) is 5.32 Å². The van der Waals surface area contributed by atoms with E-state index in [1.54, 1.807) is 32.0 Å². The van der Waals surface area contributed by atoms with E-state index in [4.69, 9.17) is 5.11 Å². The van der Waals surface area contributed by atoms with E-state index in [1.807, 2.05) is 6.07 Å². The number of rotatable bonds is 4. The fourth-order valence-electron chi connectivity index (χ4n) is 1.28. The van der Waals surface area contributed by atoms with Gasteiger partial charge in [0.2, 0.25) is 0 Å². The van der Waals surface area contributed by atoms with E-state index in [0.717, 1.165) is 4.47 Å². The molecule has 0 bridgehead atoms. The Morgan fingerprint density at radius 3 is 2.56 bits per heavy atom. The lowest BCUT2D eigenvalue weighted by Gasteiger charge is -2.18. The maximum Gasteiger partial charge on any atom is 0.319 e. The Labute approximate surface area is 114 Å². The van der Waals surface area contributed by atoms with Gasteiger partial charge in [-0.25, -0.2) is 4.79 Å². The minimum absolute atomic E-state index is 0.422. The number of benzene rings is 1. The number of aliphatic carboxylic acids is 1. The predicted octanol–water partition coefficient (Wildman–Crippen LogP) is 2.68. The minimum atomic E-state index is -0.940. The monoisotopic (exact) mass is 314 g/mol. The smallest absolute Gasteiger partial charge is 0.319 e. The molecule has 1 aromatic carbocycles. The topological polar surface area (TPSA) is 78.4 Å². The van der Waals surface area contributed by atoms with E-state index in [0.29, 0.717) is 5.69 Å². The van der Waals surface area contributed by atoms with Crippen LogP contribution in [-0.2, 0) is 4.79 Å². The predicted molar refractivity (Wildman–Crippen MR) is 72.6 cm³/mol. The number of nitrogens with one attached hydrogen (secondary N) is 2. The summed E-state index contributed by atoms with van der Waals surface area (Å²) in [5, 5.41) is 14.0. The highest BCUT2D eigenvalue weighted by Gasteiger charge is 2.20. The normalized spacial score (nSPS) is 13.5. The minimum Gasteiger partial charge on any atom is -0.481 e. The standard InChI is InChI=1S/C12H15BrN2O3/c1-7(11(16)17)8(2)14-12(18)15-10-5-3-4-9(13)6-10/h3-8H,1-2H3,(H,16,17)(H2,14,15,18). The Balaban J connectivity index is 2.54. The van der Waals surface area contributed by atoms with Crippen molar-refractivity contribution >= 4 is 33.6 Å². The van der Waals surface area contributed by atoms with Crippen LogP contribution in [-0.4, -0.2) is 23.1 Å². The van der Waals surface area contributed by atoms with Crippen LogP contribution in [0.5, 0.6) is 0 Å². The maximum absolute atomic E-state index is 11.6. The fourth-order valence-corrected chi connectivity index (χ4v) is 1.68. The van der Waals surface area contributed by atoms with E-state index < -0.39 is 24.0 Å². The van der Waals surface area contributed by atoms with Crippen molar-refractivity contribution in [1.82, 2.24) is 5.32 Å². The molecule has 0 aliphatic carbocycles. The number of carboxylic acid groups (broad SMARTS) is 1. The summed E-state index contributed by atoms with van der Waals surface area (Å²) in [6, 6.07) is 6.27. The molecule has 2 atom stereocenters. The zero-order valence-electron chi connectivity index (χ0n) is 10.1. The van der Waals surface area contributed by atoms with E-state index in [-0.39, 0.29) is 0 Å². The summed E-state index contributed by atoms with van der Waals surface area (Å²) in [6.45, 7) is 3.20. The average Bonchev–Trinajstić information content (AvgIpc) is 2.27. The van der Waals surface area contributed by atoms with Gasteiger partial charge in [-0.2, -0.15) is 0 Å². The molecule has 1 rings (SSSR count). The van der Waals surface area contributed by atoms with Crippen molar-refractivity contribution in [1.29, 1.82) is 0 Å². The van der Waals surface area contributed by atoms with Crippen molar-refractivity contribution in [3.63, 3.8) is 0 Å². The van der Waals surface area contributed by atoms with Gasteiger partial charge in [-0.1, -0.05) is 22.0 Å². The van der Waals surface area contributed by atoms with Crippen LogP contribution in [0.15, 0.2) is 28.7 Å². The van der Waals surface area contributed by atoms with Crippen LogP contribution in [0.25, 0.3) is 0 Å². The quantitative estimate of drug-likeness (QED) is 0.799. The van der Waals surface area contributed by atoms with Crippen LogP contribution in [0, 0.1) is 5.92 Å². The van der Waals surface area contributed by atoms with Crippen LogP contribution in [0.1, 0.15) is 13.8 Å². The lowest BCUT2D eigenvalue weighted by Crippen LogP contribution is -2.42. The number of carboxylic acids is 1. The van der Waals surface area contributed by atoms with Crippen LogP contribution >= 0.6 is 15.9 Å². The van der Waals surface area contributed by atoms with Gasteiger partial charge in [0.05, 0.1) is 5.92 Å². The van der Waals surface area contributed by atoms with E-state index in [9.17, 15) is 9.59 Å². The van der Waals surface area contributed by atoms with E-state index in [2.05, 4.69) is 26.6 Å². The first kappa shape index (κ1) is 14.5. The van der Waals surface area contributed by atoms with Crippen LogP contribution < -0.4 is 10.6 Å². The average molecular weight is 315 g/mol. The van der Waals surface area contributed by atoms with Gasteiger partial charge < -0.3 is 15.7 Å². The zero-order chi connectivity index (χ0) is 13.7. The highest BCUT2D eigenvalue weighted by atomic mass is 79.9. The van der Waals surface area contributed by atoms with Gasteiger partial charge in [-0.05, 0) is 32.0 Å². The first-order valence-corrected chi connectivity index (χ1v) is 6.25. The molecule has 0 spiro atoms. The third-order valence-electron chi connectivity index (χ3n) is 2.58.